The Labute approximate surface area is 144 Å². The van der Waals surface area contributed by atoms with E-state index in [1.165, 1.54) is 4.90 Å². The number of esters is 1. The molecule has 1 aromatic heterocycles. The number of rotatable bonds is 6. The number of aromatic nitrogens is 1. The van der Waals surface area contributed by atoms with E-state index in [0.29, 0.717) is 24.3 Å². The molecule has 1 N–H and O–H groups in total. The van der Waals surface area contributed by atoms with Crippen LogP contribution >= 0.6 is 0 Å². The Morgan fingerprint density at radius 1 is 1.40 bits per heavy atom. The lowest BCUT2D eigenvalue weighted by Crippen LogP contribution is -2.28. The first-order valence-electron chi connectivity index (χ1n) is 7.60. The molecule has 1 aromatic rings. The van der Waals surface area contributed by atoms with Gasteiger partial charge in [-0.15, -0.1) is 0 Å². The highest BCUT2D eigenvalue weighted by molar-refractivity contribution is 7.85. The molecular formula is C14H17N3O7S. The summed E-state index contributed by atoms with van der Waals surface area (Å²) in [6.45, 7) is 0.369. The third kappa shape index (κ3) is 4.37. The minimum atomic E-state index is -3.47. The average Bonchev–Trinajstić information content (AvgIpc) is 2.91. The summed E-state index contributed by atoms with van der Waals surface area (Å²) in [4.78, 5) is 28.8. The monoisotopic (exact) mass is 371 g/mol. The van der Waals surface area contributed by atoms with Crippen LogP contribution in [0, 0.1) is 0 Å². The molecule has 1 amide bonds. The summed E-state index contributed by atoms with van der Waals surface area (Å²) in [6.07, 6.45) is 0.913. The molecule has 136 valence electrons. The maximum absolute atomic E-state index is 12.0. The third-order valence-corrected chi connectivity index (χ3v) is 4.19. The predicted molar refractivity (Wildman–Crippen MR) is 86.0 cm³/mol. The average molecular weight is 371 g/mol. The van der Waals surface area contributed by atoms with Gasteiger partial charge >= 0.3 is 12.1 Å². The zero-order valence-electron chi connectivity index (χ0n) is 13.4. The Balaban J connectivity index is 1.59. The van der Waals surface area contributed by atoms with Gasteiger partial charge in [-0.2, -0.15) is 13.4 Å². The molecule has 1 atom stereocenters. The largest absolute Gasteiger partial charge is 0.444 e. The fourth-order valence-corrected chi connectivity index (χ4v) is 2.91. The van der Waals surface area contributed by atoms with Gasteiger partial charge in [-0.25, -0.2) is 9.59 Å². The van der Waals surface area contributed by atoms with Crippen molar-refractivity contribution in [2.45, 2.75) is 18.9 Å². The minimum Gasteiger partial charge on any atom is -0.444 e. The normalized spacial score (nSPS) is 19.9. The van der Waals surface area contributed by atoms with Crippen LogP contribution in [0.4, 0.5) is 16.3 Å². The van der Waals surface area contributed by atoms with Crippen molar-refractivity contribution in [1.82, 2.24) is 4.98 Å². The number of ether oxygens (including phenoxy) is 2. The minimum absolute atomic E-state index is 0.0333. The molecule has 10 nitrogen and oxygen atoms in total. The molecule has 1 saturated heterocycles. The molecule has 0 radical (unpaired) electrons. The van der Waals surface area contributed by atoms with Crippen LogP contribution in [-0.2, 0) is 23.8 Å². The maximum Gasteiger partial charge on any atom is 0.415 e. The van der Waals surface area contributed by atoms with E-state index in [0.717, 1.165) is 6.26 Å². The molecule has 3 heterocycles. The van der Waals surface area contributed by atoms with E-state index in [1.807, 2.05) is 0 Å². The first kappa shape index (κ1) is 17.4. The number of hydrogen-bond donors (Lipinski definition) is 1. The van der Waals surface area contributed by atoms with Crippen molar-refractivity contribution >= 4 is 33.7 Å². The number of pyridine rings is 1. The van der Waals surface area contributed by atoms with Crippen molar-refractivity contribution in [3.05, 3.63) is 12.1 Å². The van der Waals surface area contributed by atoms with Gasteiger partial charge in [0.1, 0.15) is 18.5 Å². The second kappa shape index (κ2) is 6.84. The van der Waals surface area contributed by atoms with Crippen LogP contribution in [0.3, 0.4) is 0 Å². The van der Waals surface area contributed by atoms with Crippen LogP contribution in [0.25, 0.3) is 0 Å². The van der Waals surface area contributed by atoms with E-state index >= 15 is 0 Å². The number of carbonyl (C=O) groups excluding carboxylic acids is 2. The Hall–Kier alpha value is -2.40. The summed E-state index contributed by atoms with van der Waals surface area (Å²) >= 11 is 0. The van der Waals surface area contributed by atoms with Gasteiger partial charge in [0.15, 0.2) is 0 Å². The molecule has 25 heavy (non-hydrogen) atoms. The molecule has 1 fully saturated rings. The fourth-order valence-electron chi connectivity index (χ4n) is 2.48. The SMILES string of the molecule is CS(=O)(=O)OCCCC1CN(c2ccc3c(n2)OC(=O)CN3)C(=O)O1. The molecule has 0 aliphatic carbocycles. The number of amides is 1. The van der Waals surface area contributed by atoms with E-state index < -0.39 is 28.3 Å². The lowest BCUT2D eigenvalue weighted by Gasteiger charge is -2.19. The van der Waals surface area contributed by atoms with Gasteiger partial charge in [0.2, 0.25) is 5.88 Å². The lowest BCUT2D eigenvalue weighted by atomic mass is 10.2. The van der Waals surface area contributed by atoms with E-state index in [4.69, 9.17) is 9.47 Å². The topological polar surface area (TPSA) is 124 Å². The predicted octanol–water partition coefficient (Wildman–Crippen LogP) is 0.494. The molecule has 0 bridgehead atoms. The highest BCUT2D eigenvalue weighted by Crippen LogP contribution is 2.30. The summed E-state index contributed by atoms with van der Waals surface area (Å²) in [5.74, 6) is -0.0217. The zero-order valence-corrected chi connectivity index (χ0v) is 14.2. The van der Waals surface area contributed by atoms with Gasteiger partial charge in [-0.1, -0.05) is 0 Å². The van der Waals surface area contributed by atoms with Crippen LogP contribution in [0.5, 0.6) is 5.88 Å². The molecule has 2 aliphatic rings. The Morgan fingerprint density at radius 2 is 2.20 bits per heavy atom. The zero-order chi connectivity index (χ0) is 18.0. The standard InChI is InChI=1S/C14H17N3O7S/c1-25(20,21)22-6-2-3-9-8-17(14(19)23-9)11-5-4-10-13(16-11)24-12(18)7-15-10/h4-5,9,15H,2-3,6-8H2,1H3. The van der Waals surface area contributed by atoms with E-state index in [1.54, 1.807) is 12.1 Å². The van der Waals surface area contributed by atoms with Crippen LogP contribution < -0.4 is 15.0 Å². The summed E-state index contributed by atoms with van der Waals surface area (Å²) in [7, 11) is -3.47. The Bertz CT molecular complexity index is 796. The van der Waals surface area contributed by atoms with Crippen molar-refractivity contribution < 1.29 is 31.7 Å². The lowest BCUT2D eigenvalue weighted by molar-refractivity contribution is -0.133. The molecule has 0 aromatic carbocycles. The van der Waals surface area contributed by atoms with E-state index in [9.17, 15) is 18.0 Å². The summed E-state index contributed by atoms with van der Waals surface area (Å²) in [5, 5.41) is 2.86. The van der Waals surface area contributed by atoms with Crippen LogP contribution in [0.15, 0.2) is 12.1 Å². The number of nitrogens with zero attached hydrogens (tertiary/aromatic N) is 2. The highest BCUT2D eigenvalue weighted by Gasteiger charge is 2.33. The number of anilines is 2. The smallest absolute Gasteiger partial charge is 0.415 e. The summed E-state index contributed by atoms with van der Waals surface area (Å²) in [5.41, 5.74) is 0.574. The third-order valence-electron chi connectivity index (χ3n) is 3.60. The number of hydrogen-bond acceptors (Lipinski definition) is 9. The van der Waals surface area contributed by atoms with Crippen LogP contribution in [0.2, 0.25) is 0 Å². The van der Waals surface area contributed by atoms with Gasteiger partial charge < -0.3 is 14.8 Å². The van der Waals surface area contributed by atoms with Gasteiger partial charge in [-0.05, 0) is 25.0 Å². The highest BCUT2D eigenvalue weighted by atomic mass is 32.2. The van der Waals surface area contributed by atoms with Crippen LogP contribution in [-0.4, -0.2) is 57.5 Å². The van der Waals surface area contributed by atoms with Crippen molar-refractivity contribution in [3.63, 3.8) is 0 Å². The summed E-state index contributed by atoms with van der Waals surface area (Å²) < 4.78 is 36.7. The number of fused-ring (bicyclic) bond motifs is 1. The Morgan fingerprint density at radius 3 is 2.96 bits per heavy atom. The van der Waals surface area contributed by atoms with E-state index in [-0.39, 0.29) is 25.6 Å². The number of cyclic esters (lactones) is 1. The first-order chi connectivity index (χ1) is 11.8. The second-order valence-electron chi connectivity index (χ2n) is 5.63. The molecule has 0 saturated carbocycles. The van der Waals surface area contributed by atoms with Crippen molar-refractivity contribution in [2.75, 3.05) is 36.2 Å². The molecule has 3 rings (SSSR count). The second-order valence-corrected chi connectivity index (χ2v) is 7.28. The van der Waals surface area contributed by atoms with Crippen LogP contribution in [0.1, 0.15) is 12.8 Å². The Kier molecular flexibility index (Phi) is 4.77. The molecular weight excluding hydrogens is 354 g/mol. The van der Waals surface area contributed by atoms with Gasteiger partial charge in [0.05, 0.1) is 25.1 Å². The number of nitrogens with one attached hydrogen (secondary N) is 1. The maximum atomic E-state index is 12.0. The van der Waals surface area contributed by atoms with Crippen molar-refractivity contribution in [3.8, 4) is 5.88 Å². The van der Waals surface area contributed by atoms with Crippen molar-refractivity contribution in [2.24, 2.45) is 0 Å². The molecule has 2 aliphatic heterocycles. The van der Waals surface area contributed by atoms with Crippen molar-refractivity contribution in [1.29, 1.82) is 0 Å². The molecule has 1 unspecified atom stereocenters. The van der Waals surface area contributed by atoms with Gasteiger partial charge in [-0.3, -0.25) is 9.08 Å². The summed E-state index contributed by atoms with van der Waals surface area (Å²) in [6, 6.07) is 3.30. The quantitative estimate of drug-likeness (QED) is 0.432. The van der Waals surface area contributed by atoms with Gasteiger partial charge in [0.25, 0.3) is 10.1 Å². The molecule has 0 spiro atoms. The fraction of sp³-hybridized carbons (Fsp3) is 0.500. The van der Waals surface area contributed by atoms with Gasteiger partial charge in [0, 0.05) is 0 Å². The molecule has 11 heteroatoms. The van der Waals surface area contributed by atoms with E-state index in [2.05, 4.69) is 14.5 Å². The first-order valence-corrected chi connectivity index (χ1v) is 9.41. The number of carbonyl (C=O) groups is 2.